The summed E-state index contributed by atoms with van der Waals surface area (Å²) in [5.41, 5.74) is 2.67. The number of hydrogen-bond acceptors (Lipinski definition) is 5. The Morgan fingerprint density at radius 3 is 2.55 bits per heavy atom. The zero-order valence-corrected chi connectivity index (χ0v) is 19.4. The molecule has 0 amide bonds. The van der Waals surface area contributed by atoms with Crippen LogP contribution >= 0.6 is 11.3 Å². The zero-order valence-electron chi connectivity index (χ0n) is 18.6. The van der Waals surface area contributed by atoms with Crippen molar-refractivity contribution in [2.75, 3.05) is 50.8 Å². The van der Waals surface area contributed by atoms with E-state index in [0.29, 0.717) is 12.6 Å². The molecule has 0 spiro atoms. The van der Waals surface area contributed by atoms with Crippen LogP contribution in [0.4, 0.5) is 5.00 Å². The van der Waals surface area contributed by atoms with Crippen molar-refractivity contribution in [3.8, 4) is 0 Å². The minimum Gasteiger partial charge on any atom is -0.379 e. The monoisotopic (exact) mass is 441 g/mol. The van der Waals surface area contributed by atoms with E-state index in [0.717, 1.165) is 71.3 Å². The van der Waals surface area contributed by atoms with Crippen LogP contribution in [-0.2, 0) is 17.8 Å². The third kappa shape index (κ3) is 6.45. The predicted octanol–water partition coefficient (Wildman–Crippen LogP) is 3.30. The first-order valence-corrected chi connectivity index (χ1v) is 12.4. The molecule has 0 saturated carbocycles. The van der Waals surface area contributed by atoms with E-state index in [1.807, 2.05) is 11.3 Å². The van der Waals surface area contributed by atoms with Crippen molar-refractivity contribution in [1.82, 2.24) is 15.5 Å². The molecule has 0 aliphatic carbocycles. The van der Waals surface area contributed by atoms with E-state index in [4.69, 9.17) is 9.73 Å². The van der Waals surface area contributed by atoms with E-state index in [-0.39, 0.29) is 0 Å². The second-order valence-electron chi connectivity index (χ2n) is 8.21. The van der Waals surface area contributed by atoms with Crippen LogP contribution in [0.15, 0.2) is 46.8 Å². The number of anilines is 1. The number of benzene rings is 1. The standard InChI is InChI=1S/C24H35N5OS/c1-2-25-24(27-22-9-11-29(12-10-22)23-8-5-17-31-23)26-18-20-6-3-4-7-21(20)19-28-13-15-30-16-14-28/h3-8,17,22H,2,9-16,18-19H2,1H3,(H2,25,26,27). The van der Waals surface area contributed by atoms with E-state index in [9.17, 15) is 0 Å². The number of rotatable bonds is 7. The maximum Gasteiger partial charge on any atom is 0.191 e. The number of morpholine rings is 1. The summed E-state index contributed by atoms with van der Waals surface area (Å²) in [5, 5.41) is 10.7. The number of aliphatic imine (C=N–C) groups is 1. The largest absolute Gasteiger partial charge is 0.379 e. The number of ether oxygens (including phenoxy) is 1. The van der Waals surface area contributed by atoms with Crippen molar-refractivity contribution >= 4 is 22.3 Å². The number of hydrogen-bond donors (Lipinski definition) is 2. The molecule has 1 aromatic heterocycles. The fraction of sp³-hybridized carbons (Fsp3) is 0.542. The predicted molar refractivity (Wildman–Crippen MR) is 130 cm³/mol. The summed E-state index contributed by atoms with van der Waals surface area (Å²) in [6.07, 6.45) is 2.27. The van der Waals surface area contributed by atoms with Crippen LogP contribution in [0.2, 0.25) is 0 Å². The van der Waals surface area contributed by atoms with Crippen molar-refractivity contribution in [3.63, 3.8) is 0 Å². The number of thiophene rings is 1. The van der Waals surface area contributed by atoms with Crippen molar-refractivity contribution in [2.24, 2.45) is 4.99 Å². The van der Waals surface area contributed by atoms with Crippen LogP contribution in [-0.4, -0.2) is 62.8 Å². The van der Waals surface area contributed by atoms with Gasteiger partial charge in [-0.25, -0.2) is 4.99 Å². The second-order valence-corrected chi connectivity index (χ2v) is 9.14. The lowest BCUT2D eigenvalue weighted by molar-refractivity contribution is 0.0341. The first-order chi connectivity index (χ1) is 15.3. The van der Waals surface area contributed by atoms with Crippen LogP contribution < -0.4 is 15.5 Å². The normalized spacial score (nSPS) is 18.9. The van der Waals surface area contributed by atoms with Gasteiger partial charge in [-0.05, 0) is 48.4 Å². The van der Waals surface area contributed by atoms with Gasteiger partial charge in [-0.3, -0.25) is 4.90 Å². The van der Waals surface area contributed by atoms with Gasteiger partial charge >= 0.3 is 0 Å². The smallest absolute Gasteiger partial charge is 0.191 e. The van der Waals surface area contributed by atoms with E-state index in [1.54, 1.807) is 0 Å². The van der Waals surface area contributed by atoms with Gasteiger partial charge in [-0.15, -0.1) is 11.3 Å². The van der Waals surface area contributed by atoms with E-state index < -0.39 is 0 Å². The molecule has 7 heteroatoms. The van der Waals surface area contributed by atoms with Crippen LogP contribution in [0.25, 0.3) is 0 Å². The average molecular weight is 442 g/mol. The first kappa shape index (κ1) is 22.1. The number of nitrogens with one attached hydrogen (secondary N) is 2. The van der Waals surface area contributed by atoms with Crippen LogP contribution in [0.1, 0.15) is 30.9 Å². The molecule has 2 saturated heterocycles. The van der Waals surface area contributed by atoms with Gasteiger partial charge in [0.15, 0.2) is 5.96 Å². The molecule has 0 unspecified atom stereocenters. The number of piperidine rings is 1. The van der Waals surface area contributed by atoms with Crippen molar-refractivity contribution in [3.05, 3.63) is 52.9 Å². The minimum absolute atomic E-state index is 0.470. The molecule has 2 aromatic rings. The highest BCUT2D eigenvalue weighted by molar-refractivity contribution is 7.14. The summed E-state index contributed by atoms with van der Waals surface area (Å²) in [7, 11) is 0. The van der Waals surface area contributed by atoms with Gasteiger partial charge in [0.25, 0.3) is 0 Å². The van der Waals surface area contributed by atoms with E-state index >= 15 is 0 Å². The van der Waals surface area contributed by atoms with Gasteiger partial charge in [0, 0.05) is 45.3 Å². The highest BCUT2D eigenvalue weighted by Gasteiger charge is 2.20. The van der Waals surface area contributed by atoms with Gasteiger partial charge in [-0.1, -0.05) is 24.3 Å². The maximum atomic E-state index is 5.49. The summed E-state index contributed by atoms with van der Waals surface area (Å²) in [5.74, 6) is 0.929. The lowest BCUT2D eigenvalue weighted by atomic mass is 10.1. The van der Waals surface area contributed by atoms with Gasteiger partial charge in [0.1, 0.15) is 0 Å². The summed E-state index contributed by atoms with van der Waals surface area (Å²) >= 11 is 1.83. The van der Waals surface area contributed by atoms with Crippen LogP contribution in [0.3, 0.4) is 0 Å². The lowest BCUT2D eigenvalue weighted by Gasteiger charge is -2.33. The van der Waals surface area contributed by atoms with Crippen molar-refractivity contribution < 1.29 is 4.74 Å². The molecule has 3 heterocycles. The average Bonchev–Trinajstić information content (AvgIpc) is 3.35. The topological polar surface area (TPSA) is 52.1 Å². The minimum atomic E-state index is 0.470. The lowest BCUT2D eigenvalue weighted by Crippen LogP contribution is -2.48. The molecular weight excluding hydrogens is 406 g/mol. The zero-order chi connectivity index (χ0) is 21.3. The van der Waals surface area contributed by atoms with Crippen molar-refractivity contribution in [2.45, 2.75) is 38.9 Å². The Balaban J connectivity index is 1.34. The molecule has 1 aromatic carbocycles. The molecule has 2 fully saturated rings. The van der Waals surface area contributed by atoms with Crippen molar-refractivity contribution in [1.29, 1.82) is 0 Å². The fourth-order valence-electron chi connectivity index (χ4n) is 4.24. The molecule has 2 aliphatic rings. The van der Waals surface area contributed by atoms with E-state index in [1.165, 1.54) is 16.1 Å². The summed E-state index contributed by atoms with van der Waals surface area (Å²) in [4.78, 5) is 9.90. The fourth-order valence-corrected chi connectivity index (χ4v) is 5.02. The summed E-state index contributed by atoms with van der Waals surface area (Å²) < 4.78 is 5.49. The molecule has 0 bridgehead atoms. The highest BCUT2D eigenvalue weighted by Crippen LogP contribution is 2.24. The molecule has 31 heavy (non-hydrogen) atoms. The Morgan fingerprint density at radius 1 is 1.06 bits per heavy atom. The van der Waals surface area contributed by atoms with Gasteiger partial charge < -0.3 is 20.3 Å². The first-order valence-electron chi connectivity index (χ1n) is 11.5. The number of guanidine groups is 1. The van der Waals surface area contributed by atoms with Gasteiger partial charge in [0.2, 0.25) is 0 Å². The van der Waals surface area contributed by atoms with Crippen LogP contribution in [0, 0.1) is 0 Å². The second kappa shape index (κ2) is 11.5. The Hall–Kier alpha value is -2.09. The molecule has 2 N–H and O–H groups in total. The summed E-state index contributed by atoms with van der Waals surface area (Å²) in [6, 6.07) is 13.5. The highest BCUT2D eigenvalue weighted by atomic mass is 32.1. The molecular formula is C24H35N5OS. The Bertz CT molecular complexity index is 811. The molecule has 6 nitrogen and oxygen atoms in total. The SMILES string of the molecule is CCNC(=NCc1ccccc1CN1CCOCC1)NC1CCN(c2cccs2)CC1. The Kier molecular flexibility index (Phi) is 8.21. The quantitative estimate of drug-likeness (QED) is 0.510. The van der Waals surface area contributed by atoms with Gasteiger partial charge in [-0.2, -0.15) is 0 Å². The summed E-state index contributed by atoms with van der Waals surface area (Å²) in [6.45, 7) is 10.5. The third-order valence-electron chi connectivity index (χ3n) is 6.02. The molecule has 168 valence electrons. The molecule has 0 atom stereocenters. The van der Waals surface area contributed by atoms with Crippen LogP contribution in [0.5, 0.6) is 0 Å². The maximum absolute atomic E-state index is 5.49. The Morgan fingerprint density at radius 2 is 1.84 bits per heavy atom. The molecule has 4 rings (SSSR count). The third-order valence-corrected chi connectivity index (χ3v) is 6.95. The van der Waals surface area contributed by atoms with E-state index in [2.05, 4.69) is 69.1 Å². The molecule has 0 radical (unpaired) electrons. The number of nitrogens with zero attached hydrogens (tertiary/aromatic N) is 3. The molecule has 2 aliphatic heterocycles. The Labute approximate surface area is 190 Å². The van der Waals surface area contributed by atoms with Gasteiger partial charge in [0.05, 0.1) is 24.8 Å².